The van der Waals surface area contributed by atoms with Crippen molar-refractivity contribution in [2.45, 2.75) is 25.7 Å². The fourth-order valence-corrected chi connectivity index (χ4v) is 2.99. The van der Waals surface area contributed by atoms with Crippen LogP contribution < -0.4 is 9.47 Å². The molecule has 6 nitrogen and oxygen atoms in total. The Morgan fingerprint density at radius 3 is 1.47 bits per heavy atom. The monoisotopic (exact) mass is 450 g/mol. The molecule has 0 aromatic heterocycles. The summed E-state index contributed by atoms with van der Waals surface area (Å²) >= 11 is 12.0. The number of ether oxygens (including phenoxy) is 2. The minimum absolute atomic E-state index is 0.101. The Hall–Kier alpha value is -2.70. The Kier molecular flexibility index (Phi) is 9.51. The number of rotatable bonds is 13. The third kappa shape index (κ3) is 6.97. The number of aldehydes is 2. The Bertz CT molecular complexity index is 850. The second kappa shape index (κ2) is 12.1. The van der Waals surface area contributed by atoms with Crippen molar-refractivity contribution in [2.24, 2.45) is 0 Å². The highest BCUT2D eigenvalue weighted by Gasteiger charge is 2.11. The second-order valence-corrected chi connectivity index (χ2v) is 7.08. The van der Waals surface area contributed by atoms with Crippen molar-refractivity contribution in [3.05, 3.63) is 57.6 Å². The minimum Gasteiger partial charge on any atom is -0.492 e. The molecule has 158 valence electrons. The smallest absolute Gasteiger partial charge is 0.151 e. The van der Waals surface area contributed by atoms with Crippen LogP contribution in [0.15, 0.2) is 36.4 Å². The highest BCUT2D eigenvalue weighted by atomic mass is 35.5. The third-order valence-electron chi connectivity index (χ3n) is 4.20. The summed E-state index contributed by atoms with van der Waals surface area (Å²) in [5, 5.41) is 0.405. The lowest BCUT2D eigenvalue weighted by Gasteiger charge is -2.09. The molecule has 2 rings (SSSR count). The van der Waals surface area contributed by atoms with Gasteiger partial charge < -0.3 is 9.47 Å². The largest absolute Gasteiger partial charge is 0.492 e. The summed E-state index contributed by atoms with van der Waals surface area (Å²) in [6.45, 7) is 0.202. The molecule has 0 spiro atoms. The highest BCUT2D eigenvalue weighted by molar-refractivity contribution is 6.34. The van der Waals surface area contributed by atoms with Crippen LogP contribution in [0, 0.1) is 0 Å². The molecule has 30 heavy (non-hydrogen) atoms. The predicted molar refractivity (Wildman–Crippen MR) is 113 cm³/mol. The molecule has 0 aliphatic carbocycles. The first kappa shape index (κ1) is 23.6. The Labute approximate surface area is 184 Å². The number of hydrogen-bond acceptors (Lipinski definition) is 6. The number of Topliss-reactive ketones (excluding diaryl/α,β-unsaturated/α-hetero) is 2. The zero-order chi connectivity index (χ0) is 21.9. The van der Waals surface area contributed by atoms with Gasteiger partial charge in [-0.25, -0.2) is 0 Å². The van der Waals surface area contributed by atoms with E-state index in [0.29, 0.717) is 35.2 Å². The molecule has 0 N–H and O–H groups in total. The van der Waals surface area contributed by atoms with Crippen LogP contribution >= 0.6 is 23.2 Å². The molecule has 0 aliphatic heterocycles. The number of hydrogen-bond donors (Lipinski definition) is 0. The normalized spacial score (nSPS) is 10.3. The highest BCUT2D eigenvalue weighted by Crippen LogP contribution is 2.28. The first-order chi connectivity index (χ1) is 14.5. The molecule has 0 saturated heterocycles. The molecule has 0 heterocycles. The van der Waals surface area contributed by atoms with Crippen LogP contribution in [0.5, 0.6) is 11.5 Å². The lowest BCUT2D eigenvalue weighted by Crippen LogP contribution is -2.11. The summed E-state index contributed by atoms with van der Waals surface area (Å²) in [6, 6.07) is 9.62. The topological polar surface area (TPSA) is 86.7 Å². The van der Waals surface area contributed by atoms with Gasteiger partial charge in [-0.3, -0.25) is 19.2 Å². The van der Waals surface area contributed by atoms with Crippen molar-refractivity contribution in [1.82, 2.24) is 0 Å². The number of benzene rings is 2. The number of carbonyl (C=O) groups is 4. The molecule has 2 aromatic carbocycles. The third-order valence-corrected chi connectivity index (χ3v) is 5.01. The average Bonchev–Trinajstić information content (AvgIpc) is 2.74. The Morgan fingerprint density at radius 1 is 0.700 bits per heavy atom. The molecule has 0 aliphatic rings. The van der Waals surface area contributed by atoms with Crippen LogP contribution in [0.1, 0.15) is 46.4 Å². The fourth-order valence-electron chi connectivity index (χ4n) is 2.54. The Morgan fingerprint density at radius 2 is 1.10 bits per heavy atom. The van der Waals surface area contributed by atoms with E-state index in [1.807, 2.05) is 0 Å². The Balaban J connectivity index is 1.67. The zero-order valence-corrected chi connectivity index (χ0v) is 17.6. The van der Waals surface area contributed by atoms with E-state index < -0.39 is 0 Å². The number of halogens is 2. The molecular formula is C22H20Cl2O6. The van der Waals surface area contributed by atoms with Crippen molar-refractivity contribution in [3.8, 4) is 11.5 Å². The fraction of sp³-hybridized carbons (Fsp3) is 0.273. The van der Waals surface area contributed by atoms with E-state index in [9.17, 15) is 19.2 Å². The summed E-state index contributed by atoms with van der Waals surface area (Å²) in [5.41, 5.74) is 0.625. The van der Waals surface area contributed by atoms with Crippen LogP contribution in [0.2, 0.25) is 10.0 Å². The molecule has 0 unspecified atom stereocenters. The first-order valence-corrected chi connectivity index (χ1v) is 9.98. The van der Waals surface area contributed by atoms with Crippen LogP contribution in [0.3, 0.4) is 0 Å². The van der Waals surface area contributed by atoms with E-state index in [0.717, 1.165) is 0 Å². The second-order valence-electron chi connectivity index (χ2n) is 6.33. The van der Waals surface area contributed by atoms with Crippen LogP contribution in [-0.4, -0.2) is 37.4 Å². The van der Waals surface area contributed by atoms with Crippen molar-refractivity contribution in [1.29, 1.82) is 0 Å². The predicted octanol–water partition coefficient (Wildman–Crippen LogP) is 4.77. The van der Waals surface area contributed by atoms with Crippen LogP contribution in [-0.2, 0) is 9.59 Å². The van der Waals surface area contributed by atoms with Gasteiger partial charge in [0.1, 0.15) is 23.1 Å². The van der Waals surface area contributed by atoms with Gasteiger partial charge in [-0.05, 0) is 24.3 Å². The van der Waals surface area contributed by atoms with Gasteiger partial charge in [-0.2, -0.15) is 0 Å². The number of ketones is 2. The molecule has 0 radical (unpaired) electrons. The van der Waals surface area contributed by atoms with E-state index in [1.165, 1.54) is 0 Å². The van der Waals surface area contributed by atoms with E-state index >= 15 is 0 Å². The van der Waals surface area contributed by atoms with Gasteiger partial charge in [0.05, 0.1) is 23.3 Å². The van der Waals surface area contributed by atoms with Crippen molar-refractivity contribution >= 4 is 47.3 Å². The molecule has 0 saturated carbocycles. The van der Waals surface area contributed by atoms with E-state index in [1.54, 1.807) is 36.4 Å². The number of carbonyl (C=O) groups excluding carboxylic acids is 4. The minimum atomic E-state index is -0.117. The van der Waals surface area contributed by atoms with Gasteiger partial charge in [0.25, 0.3) is 0 Å². The molecule has 0 fully saturated rings. The molecule has 0 atom stereocenters. The standard InChI is InChI=1S/C22H20Cl2O6/c23-21-15(13-25)3-1-5-19(21)29-11-9-17(27)7-8-18(28)10-12-30-20-6-2-4-16(14-26)22(20)24/h1-6,13-14H,7-12H2. The maximum Gasteiger partial charge on any atom is 0.151 e. The van der Waals surface area contributed by atoms with Crippen molar-refractivity contribution < 1.29 is 28.7 Å². The van der Waals surface area contributed by atoms with Crippen molar-refractivity contribution in [2.75, 3.05) is 13.2 Å². The van der Waals surface area contributed by atoms with Gasteiger partial charge in [0.15, 0.2) is 12.6 Å². The summed E-state index contributed by atoms with van der Waals surface area (Å²) in [6.07, 6.45) is 1.71. The summed E-state index contributed by atoms with van der Waals surface area (Å²) in [5.74, 6) is 0.432. The van der Waals surface area contributed by atoms with E-state index in [2.05, 4.69) is 0 Å². The molecule has 0 bridgehead atoms. The first-order valence-electron chi connectivity index (χ1n) is 9.22. The lowest BCUT2D eigenvalue weighted by molar-refractivity contribution is -0.124. The molecule has 2 aromatic rings. The van der Waals surface area contributed by atoms with Crippen molar-refractivity contribution in [3.63, 3.8) is 0 Å². The van der Waals surface area contributed by atoms with Crippen LogP contribution in [0.25, 0.3) is 0 Å². The van der Waals surface area contributed by atoms with Gasteiger partial charge in [-0.15, -0.1) is 0 Å². The van der Waals surface area contributed by atoms with Gasteiger partial charge >= 0.3 is 0 Å². The lowest BCUT2D eigenvalue weighted by atomic mass is 10.1. The van der Waals surface area contributed by atoms with E-state index in [4.69, 9.17) is 32.7 Å². The van der Waals surface area contributed by atoms with E-state index in [-0.39, 0.29) is 60.5 Å². The zero-order valence-electron chi connectivity index (χ0n) is 16.1. The molecule has 8 heteroatoms. The maximum atomic E-state index is 12.0. The molecular weight excluding hydrogens is 431 g/mol. The quantitative estimate of drug-likeness (QED) is 0.408. The maximum absolute atomic E-state index is 12.0. The summed E-state index contributed by atoms with van der Waals surface area (Å²) < 4.78 is 10.9. The SMILES string of the molecule is O=Cc1cccc(OCCC(=O)CCC(=O)CCOc2cccc(C=O)c2Cl)c1Cl. The van der Waals surface area contributed by atoms with Gasteiger partial charge in [0.2, 0.25) is 0 Å². The van der Waals surface area contributed by atoms with Crippen LogP contribution in [0.4, 0.5) is 0 Å². The van der Waals surface area contributed by atoms with Gasteiger partial charge in [-0.1, -0.05) is 35.3 Å². The summed E-state index contributed by atoms with van der Waals surface area (Å²) in [7, 11) is 0. The molecule has 0 amide bonds. The van der Waals surface area contributed by atoms with Gasteiger partial charge in [0, 0.05) is 36.8 Å². The average molecular weight is 451 g/mol. The summed E-state index contributed by atoms with van der Waals surface area (Å²) in [4.78, 5) is 45.6.